The quantitative estimate of drug-likeness (QED) is 0.473. The molecule has 0 saturated carbocycles. The van der Waals surface area contributed by atoms with Crippen LogP contribution in [0.3, 0.4) is 0 Å². The number of likely N-dealkylation sites (tertiary alicyclic amines) is 1. The highest BCUT2D eigenvalue weighted by molar-refractivity contribution is 7.99. The van der Waals surface area contributed by atoms with Crippen LogP contribution in [0.25, 0.3) is 0 Å². The van der Waals surface area contributed by atoms with Gasteiger partial charge in [-0.1, -0.05) is 37.3 Å². The van der Waals surface area contributed by atoms with Gasteiger partial charge in [-0.15, -0.1) is 11.8 Å². The molecule has 5 rings (SSSR count). The van der Waals surface area contributed by atoms with Crippen molar-refractivity contribution in [3.63, 3.8) is 0 Å². The predicted octanol–water partition coefficient (Wildman–Crippen LogP) is 5.87. The molecule has 2 aliphatic rings. The smallest absolute Gasteiger partial charge is 0.182 e. The van der Waals surface area contributed by atoms with Gasteiger partial charge in [-0.2, -0.15) is 0 Å². The number of fused-ring (bicyclic) bond motifs is 1. The second-order valence-electron chi connectivity index (χ2n) is 8.59. The Bertz CT molecular complexity index is 1060. The van der Waals surface area contributed by atoms with E-state index in [4.69, 9.17) is 14.6 Å². The van der Waals surface area contributed by atoms with Gasteiger partial charge in [0, 0.05) is 18.8 Å². The van der Waals surface area contributed by atoms with Crippen LogP contribution in [-0.2, 0) is 0 Å². The first-order chi connectivity index (χ1) is 16.5. The zero-order valence-corrected chi connectivity index (χ0v) is 20.0. The van der Waals surface area contributed by atoms with E-state index < -0.39 is 5.82 Å². The fourth-order valence-corrected chi connectivity index (χ4v) is 5.06. The monoisotopic (exact) mass is 483 g/mol. The highest BCUT2D eigenvalue weighted by Gasteiger charge is 2.26. The zero-order valence-electron chi connectivity index (χ0n) is 19.2. The maximum atomic E-state index is 13.9. The summed E-state index contributed by atoms with van der Waals surface area (Å²) in [6, 6.07) is 19.6. The SMILES string of the molecule is C[C@H]1CCN(CCOc2ccc([C@H]3CSc4c(ccc(O)c4F)O3)cc2)C1.Oc1ccccc1. The molecule has 180 valence electrons. The summed E-state index contributed by atoms with van der Waals surface area (Å²) in [5.41, 5.74) is 1.03. The molecule has 0 aromatic heterocycles. The number of phenolic OH excluding ortho intramolecular Hbond substituents is 2. The number of aromatic hydroxyl groups is 2. The van der Waals surface area contributed by atoms with Gasteiger partial charge in [0.05, 0.1) is 4.90 Å². The van der Waals surface area contributed by atoms with Crippen molar-refractivity contribution >= 4 is 11.8 Å². The van der Waals surface area contributed by atoms with Gasteiger partial charge in [0.25, 0.3) is 0 Å². The van der Waals surface area contributed by atoms with Crippen LogP contribution in [-0.4, -0.2) is 47.1 Å². The van der Waals surface area contributed by atoms with Crippen molar-refractivity contribution in [1.82, 2.24) is 4.90 Å². The van der Waals surface area contributed by atoms with Crippen LogP contribution in [0.15, 0.2) is 71.6 Å². The van der Waals surface area contributed by atoms with Crippen LogP contribution >= 0.6 is 11.8 Å². The van der Waals surface area contributed by atoms with Crippen LogP contribution in [0.5, 0.6) is 23.0 Å². The number of hydrogen-bond donors (Lipinski definition) is 2. The maximum absolute atomic E-state index is 13.9. The average molecular weight is 484 g/mol. The van der Waals surface area contributed by atoms with Crippen LogP contribution in [0.1, 0.15) is 25.0 Å². The van der Waals surface area contributed by atoms with E-state index in [2.05, 4.69) is 11.8 Å². The van der Waals surface area contributed by atoms with Crippen molar-refractivity contribution in [2.75, 3.05) is 32.0 Å². The number of ether oxygens (including phenoxy) is 2. The van der Waals surface area contributed by atoms with Crippen molar-refractivity contribution in [2.45, 2.75) is 24.3 Å². The Morgan fingerprint density at radius 1 is 1.06 bits per heavy atom. The number of halogens is 1. The second kappa shape index (κ2) is 11.5. The molecule has 3 aromatic rings. The minimum atomic E-state index is -0.605. The standard InChI is InChI=1S/C21H24FNO3S.C6H6O/c1-14-8-9-23(12-14)10-11-25-16-4-2-15(3-5-16)19-13-27-21-18(26-19)7-6-17(24)20(21)22;7-6-4-2-1-3-5-6/h2-7,14,19,24H,8-13H2,1H3;1-5,7H/t14-,19+;/m0./s1. The molecule has 0 radical (unpaired) electrons. The first-order valence-electron chi connectivity index (χ1n) is 11.5. The van der Waals surface area contributed by atoms with Gasteiger partial charge >= 0.3 is 0 Å². The molecule has 1 fully saturated rings. The Labute approximate surface area is 204 Å². The van der Waals surface area contributed by atoms with Gasteiger partial charge in [-0.3, -0.25) is 4.90 Å². The number of phenols is 2. The molecule has 34 heavy (non-hydrogen) atoms. The van der Waals surface area contributed by atoms with E-state index >= 15 is 0 Å². The normalized spacial score (nSPS) is 19.5. The summed E-state index contributed by atoms with van der Waals surface area (Å²) in [6.45, 7) is 6.28. The third-order valence-corrected chi connectivity index (χ3v) is 7.02. The van der Waals surface area contributed by atoms with E-state index in [1.165, 1.54) is 37.3 Å². The number of thioether (sulfide) groups is 1. The Balaban J connectivity index is 0.000000336. The van der Waals surface area contributed by atoms with Gasteiger partial charge in [-0.25, -0.2) is 4.39 Å². The molecule has 0 unspecified atom stereocenters. The van der Waals surface area contributed by atoms with Gasteiger partial charge in [0.15, 0.2) is 11.6 Å². The van der Waals surface area contributed by atoms with E-state index in [1.807, 2.05) is 30.3 Å². The molecule has 3 aromatic carbocycles. The van der Waals surface area contributed by atoms with Crippen molar-refractivity contribution in [3.8, 4) is 23.0 Å². The van der Waals surface area contributed by atoms with Crippen molar-refractivity contribution in [2.24, 2.45) is 5.92 Å². The van der Waals surface area contributed by atoms with Gasteiger partial charge < -0.3 is 19.7 Å². The van der Waals surface area contributed by atoms with E-state index in [0.29, 0.717) is 28.8 Å². The molecule has 2 atom stereocenters. The van der Waals surface area contributed by atoms with Crippen molar-refractivity contribution in [1.29, 1.82) is 0 Å². The highest BCUT2D eigenvalue weighted by atomic mass is 32.2. The molecule has 1 saturated heterocycles. The molecular formula is C27H30FNO4S. The summed E-state index contributed by atoms with van der Waals surface area (Å²) in [5, 5.41) is 18.1. The number of benzene rings is 3. The number of hydrogen-bond acceptors (Lipinski definition) is 6. The fourth-order valence-electron chi connectivity index (χ4n) is 3.99. The summed E-state index contributed by atoms with van der Waals surface area (Å²) in [7, 11) is 0. The largest absolute Gasteiger partial charge is 0.508 e. The van der Waals surface area contributed by atoms with Crippen LogP contribution < -0.4 is 9.47 Å². The molecule has 0 spiro atoms. The predicted molar refractivity (Wildman–Crippen MR) is 132 cm³/mol. The number of nitrogens with zero attached hydrogens (tertiary/aromatic N) is 1. The Morgan fingerprint density at radius 2 is 1.82 bits per heavy atom. The molecule has 2 heterocycles. The van der Waals surface area contributed by atoms with Crippen LogP contribution in [0.2, 0.25) is 0 Å². The molecular weight excluding hydrogens is 453 g/mol. The lowest BCUT2D eigenvalue weighted by atomic mass is 10.1. The van der Waals surface area contributed by atoms with Gasteiger partial charge in [-0.05, 0) is 60.8 Å². The maximum Gasteiger partial charge on any atom is 0.182 e. The van der Waals surface area contributed by atoms with E-state index in [0.717, 1.165) is 23.8 Å². The molecule has 0 aliphatic carbocycles. The molecule has 0 bridgehead atoms. The second-order valence-corrected chi connectivity index (χ2v) is 9.62. The van der Waals surface area contributed by atoms with E-state index in [9.17, 15) is 9.50 Å². The topological polar surface area (TPSA) is 62.2 Å². The lowest BCUT2D eigenvalue weighted by Crippen LogP contribution is -2.25. The fraction of sp³-hybridized carbons (Fsp3) is 0.333. The number of rotatable bonds is 5. The van der Waals surface area contributed by atoms with Gasteiger partial charge in [0.2, 0.25) is 0 Å². The summed E-state index contributed by atoms with van der Waals surface area (Å²) in [6.07, 6.45) is 1.13. The van der Waals surface area contributed by atoms with E-state index in [-0.39, 0.29) is 11.9 Å². The zero-order chi connectivity index (χ0) is 23.9. The average Bonchev–Trinajstić information content (AvgIpc) is 3.27. The van der Waals surface area contributed by atoms with Crippen molar-refractivity contribution in [3.05, 3.63) is 78.1 Å². The van der Waals surface area contributed by atoms with Gasteiger partial charge in [0.1, 0.15) is 30.0 Å². The molecule has 2 aliphatic heterocycles. The summed E-state index contributed by atoms with van der Waals surface area (Å²) >= 11 is 1.37. The molecule has 0 amide bonds. The summed E-state index contributed by atoms with van der Waals surface area (Å²) in [5.74, 6) is 2.10. The summed E-state index contributed by atoms with van der Waals surface area (Å²) < 4.78 is 25.7. The third-order valence-electron chi connectivity index (χ3n) is 5.88. The van der Waals surface area contributed by atoms with Crippen molar-refractivity contribution < 1.29 is 24.1 Å². The number of para-hydroxylation sites is 1. The molecule has 5 nitrogen and oxygen atoms in total. The molecule has 7 heteroatoms. The lowest BCUT2D eigenvalue weighted by molar-refractivity contribution is 0.216. The molecule has 2 N–H and O–H groups in total. The Morgan fingerprint density at radius 3 is 2.47 bits per heavy atom. The lowest BCUT2D eigenvalue weighted by Gasteiger charge is -2.26. The minimum absolute atomic E-state index is 0.147. The summed E-state index contributed by atoms with van der Waals surface area (Å²) in [4.78, 5) is 2.82. The van der Waals surface area contributed by atoms with Crippen LogP contribution in [0, 0.1) is 11.7 Å². The first-order valence-corrected chi connectivity index (χ1v) is 12.5. The van der Waals surface area contributed by atoms with E-state index in [1.54, 1.807) is 30.3 Å². The highest BCUT2D eigenvalue weighted by Crippen LogP contribution is 2.44. The minimum Gasteiger partial charge on any atom is -0.508 e. The first kappa shape index (κ1) is 24.2. The Hall–Kier alpha value is -2.90. The third kappa shape index (κ3) is 6.36. The van der Waals surface area contributed by atoms with Crippen LogP contribution in [0.4, 0.5) is 4.39 Å². The Kier molecular flexibility index (Phi) is 8.19.